The third kappa shape index (κ3) is 4.75. The van der Waals surface area contributed by atoms with Gasteiger partial charge in [0.05, 0.1) is 6.61 Å². The molecule has 3 nitrogen and oxygen atoms in total. The third-order valence-corrected chi connectivity index (χ3v) is 2.66. The lowest BCUT2D eigenvalue weighted by Gasteiger charge is -2.15. The van der Waals surface area contributed by atoms with Crippen LogP contribution in [-0.4, -0.2) is 19.3 Å². The molecule has 0 saturated heterocycles. The minimum atomic E-state index is 0.237. The van der Waals surface area contributed by atoms with E-state index >= 15 is 0 Å². The van der Waals surface area contributed by atoms with E-state index in [1.165, 1.54) is 11.1 Å². The largest absolute Gasteiger partial charge is 0.380 e. The number of aryl methyl sites for hydroxylation is 2. The fraction of sp³-hybridized carbons (Fsp3) is 0.538. The van der Waals surface area contributed by atoms with Crippen LogP contribution in [0, 0.1) is 6.92 Å². The van der Waals surface area contributed by atoms with Crippen molar-refractivity contribution in [1.82, 2.24) is 5.43 Å². The molecular weight excluding hydrogens is 200 g/mol. The summed E-state index contributed by atoms with van der Waals surface area (Å²) in [5, 5.41) is 0. The van der Waals surface area contributed by atoms with E-state index in [1.807, 2.05) is 6.92 Å². The number of hydrogen-bond donors (Lipinski definition) is 2. The Hall–Kier alpha value is -0.900. The first kappa shape index (κ1) is 13.2. The van der Waals surface area contributed by atoms with Crippen LogP contribution in [0.25, 0.3) is 0 Å². The lowest BCUT2D eigenvalue weighted by Crippen LogP contribution is -2.39. The quantitative estimate of drug-likeness (QED) is 0.546. The van der Waals surface area contributed by atoms with Gasteiger partial charge in [-0.25, -0.2) is 0 Å². The number of ether oxygens (including phenoxy) is 1. The predicted octanol–water partition coefficient (Wildman–Crippen LogP) is 1.80. The fourth-order valence-electron chi connectivity index (χ4n) is 1.57. The summed E-state index contributed by atoms with van der Waals surface area (Å²) >= 11 is 0. The molecule has 16 heavy (non-hydrogen) atoms. The van der Waals surface area contributed by atoms with Crippen LogP contribution < -0.4 is 11.3 Å². The molecule has 0 radical (unpaired) electrons. The molecular formula is C13H22N2O. The molecule has 0 aliphatic carbocycles. The molecule has 0 amide bonds. The summed E-state index contributed by atoms with van der Waals surface area (Å²) in [6.07, 6.45) is 2.03. The SMILES string of the molecule is CCOCC(CCc1ccc(C)cc1)NN. The van der Waals surface area contributed by atoms with Crippen molar-refractivity contribution in [1.29, 1.82) is 0 Å². The Morgan fingerprint density at radius 2 is 2.00 bits per heavy atom. The average Bonchev–Trinajstić information content (AvgIpc) is 2.32. The van der Waals surface area contributed by atoms with Gasteiger partial charge >= 0.3 is 0 Å². The van der Waals surface area contributed by atoms with Crippen LogP contribution in [0.3, 0.4) is 0 Å². The number of rotatable bonds is 7. The fourth-order valence-corrected chi connectivity index (χ4v) is 1.57. The van der Waals surface area contributed by atoms with Gasteiger partial charge in [-0.15, -0.1) is 0 Å². The molecule has 0 heterocycles. The van der Waals surface area contributed by atoms with Gasteiger partial charge in [0.2, 0.25) is 0 Å². The first-order chi connectivity index (χ1) is 7.76. The Morgan fingerprint density at radius 1 is 1.31 bits per heavy atom. The zero-order chi connectivity index (χ0) is 11.8. The van der Waals surface area contributed by atoms with Gasteiger partial charge in [0.25, 0.3) is 0 Å². The molecule has 3 heteroatoms. The first-order valence-electron chi connectivity index (χ1n) is 5.85. The Bertz CT molecular complexity index is 284. The zero-order valence-electron chi connectivity index (χ0n) is 10.2. The summed E-state index contributed by atoms with van der Waals surface area (Å²) < 4.78 is 5.35. The monoisotopic (exact) mass is 222 g/mol. The maximum Gasteiger partial charge on any atom is 0.0633 e. The normalized spacial score (nSPS) is 12.7. The lowest BCUT2D eigenvalue weighted by molar-refractivity contribution is 0.120. The third-order valence-electron chi connectivity index (χ3n) is 2.66. The van der Waals surface area contributed by atoms with E-state index in [2.05, 4.69) is 36.6 Å². The van der Waals surface area contributed by atoms with Gasteiger partial charge < -0.3 is 4.74 Å². The van der Waals surface area contributed by atoms with Crippen LogP contribution in [-0.2, 0) is 11.2 Å². The van der Waals surface area contributed by atoms with Crippen molar-refractivity contribution in [3.8, 4) is 0 Å². The molecule has 0 aliphatic rings. The van der Waals surface area contributed by atoms with Crippen LogP contribution in [0.1, 0.15) is 24.5 Å². The highest BCUT2D eigenvalue weighted by molar-refractivity contribution is 5.21. The Labute approximate surface area is 98.0 Å². The van der Waals surface area contributed by atoms with E-state index < -0.39 is 0 Å². The van der Waals surface area contributed by atoms with Gasteiger partial charge in [-0.2, -0.15) is 0 Å². The number of nitrogens with one attached hydrogen (secondary N) is 1. The molecule has 0 aliphatic heterocycles. The summed E-state index contributed by atoms with van der Waals surface area (Å²) in [7, 11) is 0. The lowest BCUT2D eigenvalue weighted by atomic mass is 10.0. The van der Waals surface area contributed by atoms with Crippen LogP contribution in [0.4, 0.5) is 0 Å². The summed E-state index contributed by atoms with van der Waals surface area (Å²) in [4.78, 5) is 0. The van der Waals surface area contributed by atoms with E-state index in [0.717, 1.165) is 19.4 Å². The zero-order valence-corrected chi connectivity index (χ0v) is 10.2. The molecule has 1 aromatic rings. The van der Waals surface area contributed by atoms with E-state index in [-0.39, 0.29) is 6.04 Å². The Balaban J connectivity index is 2.34. The molecule has 0 spiro atoms. The molecule has 3 N–H and O–H groups in total. The smallest absolute Gasteiger partial charge is 0.0633 e. The number of nitrogens with two attached hydrogens (primary N) is 1. The number of hydrogen-bond acceptors (Lipinski definition) is 3. The highest BCUT2D eigenvalue weighted by atomic mass is 16.5. The maximum atomic E-state index is 5.47. The standard InChI is InChI=1S/C13H22N2O/c1-3-16-10-13(15-14)9-8-12-6-4-11(2)5-7-12/h4-7,13,15H,3,8-10,14H2,1-2H3. The van der Waals surface area contributed by atoms with E-state index in [0.29, 0.717) is 6.61 Å². The topological polar surface area (TPSA) is 47.3 Å². The molecule has 0 fully saturated rings. The molecule has 1 rings (SSSR count). The van der Waals surface area contributed by atoms with Gasteiger partial charge in [0.15, 0.2) is 0 Å². The maximum absolute atomic E-state index is 5.47. The summed E-state index contributed by atoms with van der Waals surface area (Å²) in [6, 6.07) is 8.86. The minimum Gasteiger partial charge on any atom is -0.380 e. The van der Waals surface area contributed by atoms with Crippen molar-refractivity contribution in [3.63, 3.8) is 0 Å². The van der Waals surface area contributed by atoms with Gasteiger partial charge in [-0.05, 0) is 32.3 Å². The van der Waals surface area contributed by atoms with Gasteiger partial charge in [0.1, 0.15) is 0 Å². The summed E-state index contributed by atoms with van der Waals surface area (Å²) in [6.45, 7) is 5.51. The van der Waals surface area contributed by atoms with E-state index in [4.69, 9.17) is 10.6 Å². The van der Waals surface area contributed by atoms with Crippen molar-refractivity contribution in [2.45, 2.75) is 32.7 Å². The van der Waals surface area contributed by atoms with Gasteiger partial charge in [-0.1, -0.05) is 29.8 Å². The number of benzene rings is 1. The minimum absolute atomic E-state index is 0.237. The first-order valence-corrected chi connectivity index (χ1v) is 5.85. The molecule has 0 aromatic heterocycles. The van der Waals surface area contributed by atoms with Crippen LogP contribution in [0.15, 0.2) is 24.3 Å². The van der Waals surface area contributed by atoms with Crippen molar-refractivity contribution in [2.75, 3.05) is 13.2 Å². The highest BCUT2D eigenvalue weighted by Gasteiger charge is 2.06. The second-order valence-corrected chi connectivity index (χ2v) is 4.05. The second-order valence-electron chi connectivity index (χ2n) is 4.05. The van der Waals surface area contributed by atoms with Crippen molar-refractivity contribution in [3.05, 3.63) is 35.4 Å². The Kier molecular flexibility index (Phi) is 6.08. The van der Waals surface area contributed by atoms with Crippen molar-refractivity contribution < 1.29 is 4.74 Å². The van der Waals surface area contributed by atoms with Gasteiger partial charge in [0, 0.05) is 12.6 Å². The van der Waals surface area contributed by atoms with E-state index in [1.54, 1.807) is 0 Å². The molecule has 1 aromatic carbocycles. The molecule has 0 bridgehead atoms. The van der Waals surface area contributed by atoms with Crippen LogP contribution in [0.2, 0.25) is 0 Å². The number of hydrazine groups is 1. The van der Waals surface area contributed by atoms with Crippen molar-refractivity contribution >= 4 is 0 Å². The molecule has 1 unspecified atom stereocenters. The van der Waals surface area contributed by atoms with Gasteiger partial charge in [-0.3, -0.25) is 11.3 Å². The second kappa shape index (κ2) is 7.39. The predicted molar refractivity (Wildman–Crippen MR) is 67.1 cm³/mol. The highest BCUT2D eigenvalue weighted by Crippen LogP contribution is 2.07. The van der Waals surface area contributed by atoms with E-state index in [9.17, 15) is 0 Å². The average molecular weight is 222 g/mol. The van der Waals surface area contributed by atoms with Crippen molar-refractivity contribution in [2.24, 2.45) is 5.84 Å². The summed E-state index contributed by atoms with van der Waals surface area (Å²) in [5.41, 5.74) is 5.44. The molecule has 1 atom stereocenters. The van der Waals surface area contributed by atoms with Crippen LogP contribution in [0.5, 0.6) is 0 Å². The molecule has 0 saturated carbocycles. The Morgan fingerprint density at radius 3 is 2.56 bits per heavy atom. The molecule has 90 valence electrons. The van der Waals surface area contributed by atoms with Crippen LogP contribution >= 0.6 is 0 Å². The summed E-state index contributed by atoms with van der Waals surface area (Å²) in [5.74, 6) is 5.47.